The van der Waals surface area contributed by atoms with Crippen molar-refractivity contribution in [1.29, 1.82) is 0 Å². The number of amides is 1. The first-order valence-corrected chi connectivity index (χ1v) is 10.4. The van der Waals surface area contributed by atoms with Crippen LogP contribution < -0.4 is 11.1 Å². The average Bonchev–Trinajstić information content (AvgIpc) is 2.96. The molecule has 0 saturated heterocycles. The fourth-order valence-electron chi connectivity index (χ4n) is 4.50. The van der Waals surface area contributed by atoms with Gasteiger partial charge >= 0.3 is 0 Å². The Hall–Kier alpha value is -1.17. The minimum Gasteiger partial charge on any atom is -0.355 e. The predicted molar refractivity (Wildman–Crippen MR) is 103 cm³/mol. The van der Waals surface area contributed by atoms with E-state index in [1.807, 2.05) is 18.2 Å². The van der Waals surface area contributed by atoms with Crippen molar-refractivity contribution < 1.29 is 4.79 Å². The van der Waals surface area contributed by atoms with E-state index in [-0.39, 0.29) is 11.8 Å². The normalized spacial score (nSPS) is 28.9. The third-order valence-corrected chi connectivity index (χ3v) is 7.15. The van der Waals surface area contributed by atoms with E-state index in [1.54, 1.807) is 11.3 Å². The molecule has 2 bridgehead atoms. The largest absolute Gasteiger partial charge is 0.355 e. The highest BCUT2D eigenvalue weighted by atomic mass is 35.5. The van der Waals surface area contributed by atoms with Gasteiger partial charge in [-0.15, -0.1) is 11.3 Å². The van der Waals surface area contributed by atoms with Gasteiger partial charge in [-0.2, -0.15) is 0 Å². The van der Waals surface area contributed by atoms with Crippen molar-refractivity contribution >= 4 is 39.1 Å². The maximum absolute atomic E-state index is 12.6. The SMILES string of the molecule is NC1C2CCCC1CC(C(=O)NCCc1nc3cc(Cl)ccc3s1)C2. The molecule has 134 valence electrons. The monoisotopic (exact) mass is 377 g/mol. The molecule has 2 unspecified atom stereocenters. The number of aromatic nitrogens is 1. The summed E-state index contributed by atoms with van der Waals surface area (Å²) >= 11 is 7.68. The Bertz CT molecular complexity index is 763. The minimum absolute atomic E-state index is 0.143. The molecular weight excluding hydrogens is 354 g/mol. The maximum Gasteiger partial charge on any atom is 0.223 e. The lowest BCUT2D eigenvalue weighted by Gasteiger charge is -2.43. The van der Waals surface area contributed by atoms with Crippen LogP contribution in [-0.4, -0.2) is 23.5 Å². The number of hydrogen-bond acceptors (Lipinski definition) is 4. The van der Waals surface area contributed by atoms with Crippen LogP contribution in [0.4, 0.5) is 0 Å². The molecular formula is C19H24ClN3OS. The molecule has 0 radical (unpaired) electrons. The number of rotatable bonds is 4. The zero-order valence-corrected chi connectivity index (χ0v) is 15.8. The highest BCUT2D eigenvalue weighted by molar-refractivity contribution is 7.18. The van der Waals surface area contributed by atoms with Crippen LogP contribution >= 0.6 is 22.9 Å². The number of carbonyl (C=O) groups is 1. The predicted octanol–water partition coefficient (Wildman–Crippen LogP) is 3.76. The number of halogens is 1. The van der Waals surface area contributed by atoms with Crippen LogP contribution in [0.2, 0.25) is 5.02 Å². The fourth-order valence-corrected chi connectivity index (χ4v) is 5.61. The number of nitrogens with two attached hydrogens (primary N) is 1. The fraction of sp³-hybridized carbons (Fsp3) is 0.579. The lowest BCUT2D eigenvalue weighted by molar-refractivity contribution is -0.127. The molecule has 4 nitrogen and oxygen atoms in total. The van der Waals surface area contributed by atoms with Gasteiger partial charge in [0.25, 0.3) is 0 Å². The smallest absolute Gasteiger partial charge is 0.223 e. The molecule has 1 aromatic carbocycles. The van der Waals surface area contributed by atoms with Crippen molar-refractivity contribution in [2.75, 3.05) is 6.54 Å². The lowest BCUT2D eigenvalue weighted by atomic mass is 9.65. The summed E-state index contributed by atoms with van der Waals surface area (Å²) in [7, 11) is 0. The molecule has 25 heavy (non-hydrogen) atoms. The summed E-state index contributed by atoms with van der Waals surface area (Å²) in [4.78, 5) is 17.2. The number of thiazole rings is 1. The van der Waals surface area contributed by atoms with Crippen molar-refractivity contribution in [3.63, 3.8) is 0 Å². The summed E-state index contributed by atoms with van der Waals surface area (Å²) in [6.07, 6.45) is 6.35. The van der Waals surface area contributed by atoms with Crippen molar-refractivity contribution in [3.05, 3.63) is 28.2 Å². The second kappa shape index (κ2) is 7.22. The van der Waals surface area contributed by atoms with Gasteiger partial charge in [0.15, 0.2) is 0 Å². The molecule has 2 aromatic rings. The topological polar surface area (TPSA) is 68.0 Å². The van der Waals surface area contributed by atoms with Crippen molar-refractivity contribution in [3.8, 4) is 0 Å². The zero-order chi connectivity index (χ0) is 17.4. The van der Waals surface area contributed by atoms with E-state index in [0.29, 0.717) is 29.4 Å². The van der Waals surface area contributed by atoms with Gasteiger partial charge in [-0.3, -0.25) is 4.79 Å². The summed E-state index contributed by atoms with van der Waals surface area (Å²) in [5, 5.41) is 4.87. The van der Waals surface area contributed by atoms with Crippen molar-refractivity contribution in [2.45, 2.75) is 44.6 Å². The first-order chi connectivity index (χ1) is 12.1. The van der Waals surface area contributed by atoms with E-state index in [1.165, 1.54) is 19.3 Å². The van der Waals surface area contributed by atoms with Gasteiger partial charge in [-0.25, -0.2) is 4.98 Å². The number of benzene rings is 1. The van der Waals surface area contributed by atoms with Gasteiger partial charge in [-0.1, -0.05) is 18.0 Å². The Morgan fingerprint density at radius 1 is 1.32 bits per heavy atom. The Balaban J connectivity index is 1.31. The molecule has 2 saturated carbocycles. The second-order valence-corrected chi connectivity index (χ2v) is 9.01. The minimum atomic E-state index is 0.143. The first-order valence-electron chi connectivity index (χ1n) is 9.18. The highest BCUT2D eigenvalue weighted by Crippen LogP contribution is 2.41. The Kier molecular flexibility index (Phi) is 4.98. The van der Waals surface area contributed by atoms with E-state index >= 15 is 0 Å². The van der Waals surface area contributed by atoms with E-state index in [0.717, 1.165) is 34.5 Å². The standard InChI is InChI=1S/C19H24ClN3OS/c20-14-4-5-16-15(10-14)23-17(25-16)6-7-22-19(24)13-8-11-2-1-3-12(9-13)18(11)21/h4-5,10-13,18H,1-3,6-9,21H2,(H,22,24). The summed E-state index contributed by atoms with van der Waals surface area (Å²) in [5.74, 6) is 1.42. The Labute approximate surface area is 157 Å². The zero-order valence-electron chi connectivity index (χ0n) is 14.2. The molecule has 2 aliphatic carbocycles. The molecule has 2 fully saturated rings. The maximum atomic E-state index is 12.6. The van der Waals surface area contributed by atoms with Crippen LogP contribution in [-0.2, 0) is 11.2 Å². The Morgan fingerprint density at radius 2 is 2.08 bits per heavy atom. The third kappa shape index (κ3) is 3.69. The molecule has 2 aliphatic rings. The molecule has 3 N–H and O–H groups in total. The van der Waals surface area contributed by atoms with Gasteiger partial charge < -0.3 is 11.1 Å². The van der Waals surface area contributed by atoms with E-state index in [9.17, 15) is 4.79 Å². The van der Waals surface area contributed by atoms with Gasteiger partial charge in [-0.05, 0) is 55.7 Å². The quantitative estimate of drug-likeness (QED) is 0.852. The van der Waals surface area contributed by atoms with E-state index in [2.05, 4.69) is 10.3 Å². The molecule has 1 amide bonds. The molecule has 1 heterocycles. The van der Waals surface area contributed by atoms with E-state index < -0.39 is 0 Å². The Morgan fingerprint density at radius 3 is 2.84 bits per heavy atom. The highest BCUT2D eigenvalue weighted by Gasteiger charge is 2.40. The van der Waals surface area contributed by atoms with Crippen molar-refractivity contribution in [2.24, 2.45) is 23.5 Å². The molecule has 0 aliphatic heterocycles. The summed E-state index contributed by atoms with van der Waals surface area (Å²) < 4.78 is 1.14. The van der Waals surface area contributed by atoms with Crippen LogP contribution in [0.3, 0.4) is 0 Å². The molecule has 0 spiro atoms. The molecule has 2 atom stereocenters. The number of nitrogens with one attached hydrogen (secondary N) is 1. The molecule has 4 rings (SSSR count). The number of nitrogens with zero attached hydrogens (tertiary/aromatic N) is 1. The van der Waals surface area contributed by atoms with Crippen LogP contribution in [0.15, 0.2) is 18.2 Å². The first kappa shape index (κ1) is 17.3. The number of carbonyl (C=O) groups excluding carboxylic acids is 1. The molecule has 6 heteroatoms. The lowest BCUT2D eigenvalue weighted by Crippen LogP contribution is -2.49. The van der Waals surface area contributed by atoms with E-state index in [4.69, 9.17) is 17.3 Å². The van der Waals surface area contributed by atoms with Gasteiger partial charge in [0, 0.05) is 29.9 Å². The average molecular weight is 378 g/mol. The van der Waals surface area contributed by atoms with Crippen LogP contribution in [0, 0.1) is 17.8 Å². The summed E-state index contributed by atoms with van der Waals surface area (Å²) in [5.41, 5.74) is 7.26. The van der Waals surface area contributed by atoms with Crippen molar-refractivity contribution in [1.82, 2.24) is 10.3 Å². The third-order valence-electron chi connectivity index (χ3n) is 5.82. The van der Waals surface area contributed by atoms with Crippen LogP contribution in [0.5, 0.6) is 0 Å². The summed E-state index contributed by atoms with van der Waals surface area (Å²) in [6, 6.07) is 6.09. The number of fused-ring (bicyclic) bond motifs is 3. The van der Waals surface area contributed by atoms with Gasteiger partial charge in [0.1, 0.15) is 0 Å². The van der Waals surface area contributed by atoms with Crippen LogP contribution in [0.25, 0.3) is 10.2 Å². The van der Waals surface area contributed by atoms with Gasteiger partial charge in [0.2, 0.25) is 5.91 Å². The second-order valence-electron chi connectivity index (χ2n) is 7.46. The molecule has 1 aromatic heterocycles. The summed E-state index contributed by atoms with van der Waals surface area (Å²) in [6.45, 7) is 0.643. The van der Waals surface area contributed by atoms with Gasteiger partial charge in [0.05, 0.1) is 15.2 Å². The number of hydrogen-bond donors (Lipinski definition) is 2. The van der Waals surface area contributed by atoms with Crippen LogP contribution in [0.1, 0.15) is 37.1 Å².